The third-order valence-electron chi connectivity index (χ3n) is 2.63. The number of nitrogens with zero attached hydrogens (tertiary/aromatic N) is 3. The van der Waals surface area contributed by atoms with E-state index < -0.39 is 0 Å². The fourth-order valence-corrected chi connectivity index (χ4v) is 1.57. The number of anilines is 3. The lowest BCUT2D eigenvalue weighted by atomic mass is 10.2. The van der Waals surface area contributed by atoms with Crippen molar-refractivity contribution in [3.05, 3.63) is 5.69 Å². The summed E-state index contributed by atoms with van der Waals surface area (Å²) in [7, 11) is 1.81. The van der Waals surface area contributed by atoms with E-state index in [0.717, 1.165) is 0 Å². The summed E-state index contributed by atoms with van der Waals surface area (Å²) in [6.45, 7) is 3.60. The maximum Gasteiger partial charge on any atom is 0.246 e. The van der Waals surface area contributed by atoms with Gasteiger partial charge in [0.2, 0.25) is 11.9 Å². The van der Waals surface area contributed by atoms with E-state index in [-0.39, 0.29) is 17.9 Å². The normalized spacial score (nSPS) is 19.8. The van der Waals surface area contributed by atoms with Gasteiger partial charge in [-0.3, -0.25) is 4.79 Å². The summed E-state index contributed by atoms with van der Waals surface area (Å²) in [6.07, 6.45) is 0. The predicted octanol–water partition coefficient (Wildman–Crippen LogP) is 0.144. The number of amides is 1. The summed E-state index contributed by atoms with van der Waals surface area (Å²) >= 11 is 0. The van der Waals surface area contributed by atoms with Crippen molar-refractivity contribution in [1.29, 1.82) is 0 Å². The molecule has 0 fully saturated rings. The van der Waals surface area contributed by atoms with Crippen molar-refractivity contribution >= 4 is 23.4 Å². The first-order chi connectivity index (χ1) is 7.00. The van der Waals surface area contributed by atoms with Crippen LogP contribution in [0.3, 0.4) is 0 Å². The lowest BCUT2D eigenvalue weighted by molar-refractivity contribution is -0.117. The van der Waals surface area contributed by atoms with Crippen LogP contribution in [0.25, 0.3) is 0 Å². The van der Waals surface area contributed by atoms with Gasteiger partial charge in [-0.15, -0.1) is 0 Å². The van der Waals surface area contributed by atoms with Crippen molar-refractivity contribution in [1.82, 2.24) is 9.97 Å². The van der Waals surface area contributed by atoms with Gasteiger partial charge >= 0.3 is 0 Å². The predicted molar refractivity (Wildman–Crippen MR) is 57.7 cm³/mol. The Bertz CT molecular complexity index is 431. The number of hydrogen-bond donors (Lipinski definition) is 2. The fourth-order valence-electron chi connectivity index (χ4n) is 1.57. The Balaban J connectivity index is 2.60. The summed E-state index contributed by atoms with van der Waals surface area (Å²) < 4.78 is 0. The van der Waals surface area contributed by atoms with E-state index in [4.69, 9.17) is 5.73 Å². The third kappa shape index (κ3) is 1.38. The average molecular weight is 207 g/mol. The summed E-state index contributed by atoms with van der Waals surface area (Å²) in [5.74, 6) is 0.843. The second-order valence-electron chi connectivity index (χ2n) is 3.64. The van der Waals surface area contributed by atoms with Gasteiger partial charge in [-0.1, -0.05) is 0 Å². The zero-order valence-corrected chi connectivity index (χ0v) is 8.90. The molecule has 0 aliphatic carbocycles. The van der Waals surface area contributed by atoms with E-state index in [2.05, 4.69) is 15.3 Å². The van der Waals surface area contributed by atoms with Crippen molar-refractivity contribution in [2.75, 3.05) is 23.0 Å². The van der Waals surface area contributed by atoms with Gasteiger partial charge in [0.25, 0.3) is 0 Å². The van der Waals surface area contributed by atoms with E-state index >= 15 is 0 Å². The molecule has 1 aliphatic rings. The molecule has 0 saturated carbocycles. The fraction of sp³-hybridized carbons (Fsp3) is 0.444. The maximum atomic E-state index is 11.6. The van der Waals surface area contributed by atoms with Crippen molar-refractivity contribution in [2.24, 2.45) is 0 Å². The van der Waals surface area contributed by atoms with Gasteiger partial charge in [0.05, 0.1) is 5.69 Å². The van der Waals surface area contributed by atoms with Crippen LogP contribution in [0.1, 0.15) is 12.6 Å². The van der Waals surface area contributed by atoms with Crippen LogP contribution in [0.15, 0.2) is 0 Å². The quantitative estimate of drug-likeness (QED) is 0.632. The molecule has 1 amide bonds. The lowest BCUT2D eigenvalue weighted by Gasteiger charge is -2.32. The van der Waals surface area contributed by atoms with Crippen LogP contribution < -0.4 is 16.0 Å². The number of nitrogens with two attached hydrogens (primary N) is 1. The topological polar surface area (TPSA) is 84.1 Å². The SMILES string of the molecule is Cc1nc(N)nc2c1NC(=O)[C@H](C)N2C. The zero-order chi connectivity index (χ0) is 11.2. The number of fused-ring (bicyclic) bond motifs is 1. The number of carbonyl (C=O) groups excluding carboxylic acids is 1. The second-order valence-corrected chi connectivity index (χ2v) is 3.64. The molecule has 1 aromatic heterocycles. The third-order valence-corrected chi connectivity index (χ3v) is 2.63. The number of nitrogens with one attached hydrogen (secondary N) is 1. The standard InChI is InChI=1S/C9H13N5O/c1-4-6-7(13-9(10)11-4)14(3)5(2)8(15)12-6/h5H,1-3H3,(H,12,15)(H2,10,11,13)/t5-/m0/s1. The molecule has 1 atom stereocenters. The number of rotatable bonds is 0. The number of aryl methyl sites for hydroxylation is 1. The minimum absolute atomic E-state index is 0.0542. The van der Waals surface area contributed by atoms with E-state index in [1.807, 2.05) is 14.0 Å². The first-order valence-corrected chi connectivity index (χ1v) is 4.68. The van der Waals surface area contributed by atoms with Crippen molar-refractivity contribution < 1.29 is 4.79 Å². The van der Waals surface area contributed by atoms with Crippen LogP contribution >= 0.6 is 0 Å². The maximum absolute atomic E-state index is 11.6. The van der Waals surface area contributed by atoms with Gasteiger partial charge in [-0.05, 0) is 13.8 Å². The number of aromatic nitrogens is 2. The summed E-state index contributed by atoms with van der Waals surface area (Å²) in [6, 6.07) is -0.244. The number of carbonyl (C=O) groups is 1. The van der Waals surface area contributed by atoms with Crippen molar-refractivity contribution in [3.8, 4) is 0 Å². The molecule has 1 aromatic rings. The molecule has 1 aliphatic heterocycles. The Morgan fingerprint density at radius 1 is 1.47 bits per heavy atom. The number of likely N-dealkylation sites (N-methyl/N-ethyl adjacent to an activating group) is 1. The average Bonchev–Trinajstić information content (AvgIpc) is 2.17. The smallest absolute Gasteiger partial charge is 0.246 e. The van der Waals surface area contributed by atoms with Gasteiger partial charge in [0.1, 0.15) is 11.7 Å². The van der Waals surface area contributed by atoms with E-state index in [1.165, 1.54) is 0 Å². The summed E-state index contributed by atoms with van der Waals surface area (Å²) in [5.41, 5.74) is 6.90. The molecule has 2 heterocycles. The molecular weight excluding hydrogens is 194 g/mol. The van der Waals surface area contributed by atoms with Gasteiger partial charge in [-0.2, -0.15) is 4.98 Å². The largest absolute Gasteiger partial charge is 0.368 e. The molecule has 0 spiro atoms. The molecule has 2 rings (SSSR count). The second kappa shape index (κ2) is 3.08. The molecule has 80 valence electrons. The van der Waals surface area contributed by atoms with Gasteiger partial charge in [-0.25, -0.2) is 4.98 Å². The Kier molecular flexibility index (Phi) is 1.99. The molecule has 0 saturated heterocycles. The molecule has 0 radical (unpaired) electrons. The molecule has 15 heavy (non-hydrogen) atoms. The van der Waals surface area contributed by atoms with Crippen LogP contribution in [-0.4, -0.2) is 29.0 Å². The summed E-state index contributed by atoms with van der Waals surface area (Å²) in [5, 5.41) is 2.77. The van der Waals surface area contributed by atoms with Gasteiger partial charge < -0.3 is 16.0 Å². The highest BCUT2D eigenvalue weighted by Crippen LogP contribution is 2.31. The molecular formula is C9H13N5O. The molecule has 0 unspecified atom stereocenters. The number of nitrogen functional groups attached to an aromatic ring is 1. The van der Waals surface area contributed by atoms with E-state index in [0.29, 0.717) is 17.2 Å². The van der Waals surface area contributed by atoms with Crippen LogP contribution in [-0.2, 0) is 4.79 Å². The van der Waals surface area contributed by atoms with Crippen molar-refractivity contribution in [2.45, 2.75) is 19.9 Å². The molecule has 3 N–H and O–H groups in total. The Morgan fingerprint density at radius 2 is 2.13 bits per heavy atom. The van der Waals surface area contributed by atoms with Crippen LogP contribution in [0.4, 0.5) is 17.5 Å². The van der Waals surface area contributed by atoms with Crippen LogP contribution in [0.2, 0.25) is 0 Å². The van der Waals surface area contributed by atoms with Crippen molar-refractivity contribution in [3.63, 3.8) is 0 Å². The molecule has 6 heteroatoms. The first kappa shape index (κ1) is 9.70. The highest BCUT2D eigenvalue weighted by Gasteiger charge is 2.29. The molecule has 6 nitrogen and oxygen atoms in total. The van der Waals surface area contributed by atoms with Gasteiger partial charge in [0.15, 0.2) is 5.82 Å². The highest BCUT2D eigenvalue weighted by molar-refractivity contribution is 6.03. The van der Waals surface area contributed by atoms with Crippen LogP contribution in [0.5, 0.6) is 0 Å². The highest BCUT2D eigenvalue weighted by atomic mass is 16.2. The lowest BCUT2D eigenvalue weighted by Crippen LogP contribution is -2.44. The monoisotopic (exact) mass is 207 g/mol. The molecule has 0 aromatic carbocycles. The van der Waals surface area contributed by atoms with E-state index in [9.17, 15) is 4.79 Å². The Hall–Kier alpha value is -1.85. The molecule has 0 bridgehead atoms. The minimum atomic E-state index is -0.244. The summed E-state index contributed by atoms with van der Waals surface area (Å²) in [4.78, 5) is 21.5. The number of hydrogen-bond acceptors (Lipinski definition) is 5. The first-order valence-electron chi connectivity index (χ1n) is 4.68. The Labute approximate surface area is 87.5 Å². The van der Waals surface area contributed by atoms with Gasteiger partial charge in [0, 0.05) is 7.05 Å². The zero-order valence-electron chi connectivity index (χ0n) is 8.90. The van der Waals surface area contributed by atoms with Crippen LogP contribution in [0, 0.1) is 6.92 Å². The minimum Gasteiger partial charge on any atom is -0.368 e. The van der Waals surface area contributed by atoms with E-state index in [1.54, 1.807) is 11.8 Å². The Morgan fingerprint density at radius 3 is 2.80 bits per heavy atom.